The molecule has 1 aliphatic rings. The summed E-state index contributed by atoms with van der Waals surface area (Å²) < 4.78 is 0. The highest BCUT2D eigenvalue weighted by molar-refractivity contribution is 5.92. The van der Waals surface area contributed by atoms with Crippen LogP contribution < -0.4 is 10.6 Å². The lowest BCUT2D eigenvalue weighted by molar-refractivity contribution is 0.889. The van der Waals surface area contributed by atoms with Gasteiger partial charge in [-0.25, -0.2) is 0 Å². The van der Waals surface area contributed by atoms with E-state index in [1.807, 2.05) is 6.07 Å². The summed E-state index contributed by atoms with van der Waals surface area (Å²) in [4.78, 5) is 2.19. The van der Waals surface area contributed by atoms with Gasteiger partial charge >= 0.3 is 0 Å². The Morgan fingerprint density at radius 2 is 2.00 bits per heavy atom. The fourth-order valence-corrected chi connectivity index (χ4v) is 1.58. The van der Waals surface area contributed by atoms with E-state index in [1.54, 1.807) is 6.07 Å². The zero-order valence-corrected chi connectivity index (χ0v) is 7.90. The van der Waals surface area contributed by atoms with Crippen LogP contribution in [0.2, 0.25) is 0 Å². The first-order valence-corrected chi connectivity index (χ1v) is 4.70. The minimum atomic E-state index is -0.0366. The molecule has 0 aromatic carbocycles. The van der Waals surface area contributed by atoms with E-state index in [-0.39, 0.29) is 5.84 Å². The molecule has 3 N–H and O–H groups in total. The topological polar surface area (TPSA) is 78.9 Å². The van der Waals surface area contributed by atoms with Crippen LogP contribution in [0, 0.1) is 5.41 Å². The van der Waals surface area contributed by atoms with Gasteiger partial charge in [0.25, 0.3) is 0 Å². The van der Waals surface area contributed by atoms with Gasteiger partial charge in [0.05, 0.1) is 0 Å². The van der Waals surface area contributed by atoms with E-state index in [4.69, 9.17) is 11.1 Å². The van der Waals surface area contributed by atoms with E-state index < -0.39 is 0 Å². The zero-order valence-electron chi connectivity index (χ0n) is 7.90. The Morgan fingerprint density at radius 3 is 2.50 bits per heavy atom. The van der Waals surface area contributed by atoms with Crippen molar-refractivity contribution < 1.29 is 0 Å². The van der Waals surface area contributed by atoms with E-state index in [0.717, 1.165) is 18.9 Å². The van der Waals surface area contributed by atoms with Crippen molar-refractivity contribution in [1.29, 1.82) is 5.41 Å². The maximum Gasteiger partial charge on any atom is 0.151 e. The van der Waals surface area contributed by atoms with E-state index >= 15 is 0 Å². The number of nitrogens with zero attached hydrogens (tertiary/aromatic N) is 3. The third kappa shape index (κ3) is 1.66. The molecule has 14 heavy (non-hydrogen) atoms. The number of aromatic nitrogens is 2. The van der Waals surface area contributed by atoms with E-state index in [1.165, 1.54) is 12.8 Å². The van der Waals surface area contributed by atoms with Crippen LogP contribution in [0.5, 0.6) is 0 Å². The van der Waals surface area contributed by atoms with Crippen molar-refractivity contribution in [2.24, 2.45) is 5.73 Å². The molecule has 1 fully saturated rings. The summed E-state index contributed by atoms with van der Waals surface area (Å²) in [5.74, 6) is 0.845. The van der Waals surface area contributed by atoms with Crippen LogP contribution in [0.3, 0.4) is 0 Å². The maximum atomic E-state index is 7.18. The van der Waals surface area contributed by atoms with Gasteiger partial charge in [0, 0.05) is 13.1 Å². The average molecular weight is 191 g/mol. The van der Waals surface area contributed by atoms with E-state index in [0.29, 0.717) is 5.69 Å². The molecule has 1 aromatic heterocycles. The van der Waals surface area contributed by atoms with Crippen molar-refractivity contribution >= 4 is 11.7 Å². The fraction of sp³-hybridized carbons (Fsp3) is 0.444. The van der Waals surface area contributed by atoms with Crippen molar-refractivity contribution in [2.45, 2.75) is 12.8 Å². The minimum Gasteiger partial charge on any atom is -0.382 e. The van der Waals surface area contributed by atoms with Crippen molar-refractivity contribution in [3.05, 3.63) is 17.8 Å². The predicted octanol–water partition coefficient (Wildman–Crippen LogP) is 0.361. The first kappa shape index (κ1) is 8.93. The zero-order chi connectivity index (χ0) is 9.97. The van der Waals surface area contributed by atoms with Gasteiger partial charge in [-0.3, -0.25) is 5.41 Å². The number of rotatable bonds is 2. The summed E-state index contributed by atoms with van der Waals surface area (Å²) in [6, 6.07) is 3.61. The molecule has 0 atom stereocenters. The lowest BCUT2D eigenvalue weighted by atomic mass is 10.3. The Bertz CT molecular complexity index is 326. The number of hydrogen-bond acceptors (Lipinski definition) is 4. The van der Waals surface area contributed by atoms with Crippen LogP contribution in [0.15, 0.2) is 12.1 Å². The Morgan fingerprint density at radius 1 is 1.29 bits per heavy atom. The number of amidine groups is 1. The summed E-state index contributed by atoms with van der Waals surface area (Å²) in [7, 11) is 0. The van der Waals surface area contributed by atoms with Crippen molar-refractivity contribution in [3.8, 4) is 0 Å². The Balaban J connectivity index is 2.16. The van der Waals surface area contributed by atoms with E-state index in [9.17, 15) is 0 Å². The Kier molecular flexibility index (Phi) is 2.30. The van der Waals surface area contributed by atoms with Gasteiger partial charge in [0.15, 0.2) is 5.82 Å². The summed E-state index contributed by atoms with van der Waals surface area (Å²) in [5.41, 5.74) is 5.72. The van der Waals surface area contributed by atoms with Gasteiger partial charge in [-0.15, -0.1) is 10.2 Å². The van der Waals surface area contributed by atoms with Crippen LogP contribution in [0.1, 0.15) is 18.5 Å². The molecule has 2 rings (SSSR count). The van der Waals surface area contributed by atoms with Crippen LogP contribution in [-0.4, -0.2) is 29.1 Å². The largest absolute Gasteiger partial charge is 0.382 e. The number of hydrogen-bond donors (Lipinski definition) is 2. The molecule has 0 aliphatic carbocycles. The molecule has 0 bridgehead atoms. The van der Waals surface area contributed by atoms with E-state index in [2.05, 4.69) is 15.1 Å². The quantitative estimate of drug-likeness (QED) is 0.522. The molecule has 0 amide bonds. The molecule has 5 nitrogen and oxygen atoms in total. The standard InChI is InChI=1S/C9H13N5/c10-9(11)7-3-4-8(13-12-7)14-5-1-2-6-14/h3-4H,1-2,5-6H2,(H3,10,11). The molecule has 0 spiro atoms. The SMILES string of the molecule is N=C(N)c1ccc(N2CCCC2)nn1. The van der Waals surface area contributed by atoms with Crippen molar-refractivity contribution in [3.63, 3.8) is 0 Å². The second-order valence-corrected chi connectivity index (χ2v) is 3.38. The summed E-state index contributed by atoms with van der Waals surface area (Å²) >= 11 is 0. The molecular formula is C9H13N5. The summed E-state index contributed by atoms with van der Waals surface area (Å²) in [6.07, 6.45) is 2.44. The molecule has 0 unspecified atom stereocenters. The molecule has 1 aliphatic heterocycles. The highest BCUT2D eigenvalue weighted by Crippen LogP contribution is 2.16. The lowest BCUT2D eigenvalue weighted by Crippen LogP contribution is -2.21. The first-order valence-electron chi connectivity index (χ1n) is 4.70. The third-order valence-corrected chi connectivity index (χ3v) is 2.36. The predicted molar refractivity (Wildman–Crippen MR) is 54.5 cm³/mol. The molecular weight excluding hydrogens is 178 g/mol. The van der Waals surface area contributed by atoms with Crippen molar-refractivity contribution in [2.75, 3.05) is 18.0 Å². The fourth-order valence-electron chi connectivity index (χ4n) is 1.58. The molecule has 74 valence electrons. The Hall–Kier alpha value is -1.65. The average Bonchev–Trinajstić information content (AvgIpc) is 2.71. The highest BCUT2D eigenvalue weighted by Gasteiger charge is 2.13. The minimum absolute atomic E-state index is 0.0366. The number of nitrogen functional groups attached to an aromatic ring is 1. The second kappa shape index (κ2) is 3.61. The van der Waals surface area contributed by atoms with Gasteiger partial charge in [-0.2, -0.15) is 0 Å². The second-order valence-electron chi connectivity index (χ2n) is 3.38. The monoisotopic (exact) mass is 191 g/mol. The molecule has 1 aromatic rings. The van der Waals surface area contributed by atoms with Gasteiger partial charge < -0.3 is 10.6 Å². The van der Waals surface area contributed by atoms with Gasteiger partial charge in [-0.1, -0.05) is 0 Å². The molecule has 0 saturated carbocycles. The van der Waals surface area contributed by atoms with Crippen LogP contribution in [-0.2, 0) is 0 Å². The van der Waals surface area contributed by atoms with Crippen LogP contribution >= 0.6 is 0 Å². The normalized spacial score (nSPS) is 15.9. The van der Waals surface area contributed by atoms with Crippen LogP contribution in [0.25, 0.3) is 0 Å². The summed E-state index contributed by atoms with van der Waals surface area (Å²) in [5, 5.41) is 15.1. The van der Waals surface area contributed by atoms with Gasteiger partial charge in [-0.05, 0) is 25.0 Å². The molecule has 2 heterocycles. The lowest BCUT2D eigenvalue weighted by Gasteiger charge is -2.14. The molecule has 1 saturated heterocycles. The summed E-state index contributed by atoms with van der Waals surface area (Å²) in [6.45, 7) is 2.10. The maximum absolute atomic E-state index is 7.18. The van der Waals surface area contributed by atoms with Crippen LogP contribution in [0.4, 0.5) is 5.82 Å². The number of nitrogens with one attached hydrogen (secondary N) is 1. The van der Waals surface area contributed by atoms with Crippen molar-refractivity contribution in [1.82, 2.24) is 10.2 Å². The van der Waals surface area contributed by atoms with Gasteiger partial charge in [0.2, 0.25) is 0 Å². The Labute approximate surface area is 82.4 Å². The highest BCUT2D eigenvalue weighted by atomic mass is 15.3. The smallest absolute Gasteiger partial charge is 0.151 e. The molecule has 5 heteroatoms. The van der Waals surface area contributed by atoms with Gasteiger partial charge in [0.1, 0.15) is 11.5 Å². The third-order valence-electron chi connectivity index (χ3n) is 2.36. The number of anilines is 1. The number of nitrogens with two attached hydrogens (primary N) is 1. The first-order chi connectivity index (χ1) is 6.77. The molecule has 0 radical (unpaired) electrons.